The molecule has 1 amide bonds. The molecule has 0 saturated carbocycles. The first-order chi connectivity index (χ1) is 12.7. The standard InChI is InChI=1S/C20H24ClN3OS/c21-18-4-2-1-3-17(18)19-6-5-16(26-19)14-23-9-11-24(12-10-23)20(25)15-7-8-22-13-15/h1-6,15,22H,7-14H2. The average molecular weight is 390 g/mol. The highest BCUT2D eigenvalue weighted by Gasteiger charge is 2.29. The predicted molar refractivity (Wildman–Crippen MR) is 108 cm³/mol. The first-order valence-electron chi connectivity index (χ1n) is 9.26. The molecule has 1 unspecified atom stereocenters. The van der Waals surface area contributed by atoms with Crippen LogP contribution in [0.3, 0.4) is 0 Å². The summed E-state index contributed by atoms with van der Waals surface area (Å²) in [5.74, 6) is 0.531. The smallest absolute Gasteiger partial charge is 0.227 e. The van der Waals surface area contributed by atoms with Crippen LogP contribution in [0.1, 0.15) is 11.3 Å². The molecule has 2 fully saturated rings. The molecule has 0 bridgehead atoms. The van der Waals surface area contributed by atoms with Crippen LogP contribution in [0.4, 0.5) is 0 Å². The summed E-state index contributed by atoms with van der Waals surface area (Å²) in [6, 6.07) is 12.4. The lowest BCUT2D eigenvalue weighted by Crippen LogP contribution is -2.50. The fourth-order valence-electron chi connectivity index (χ4n) is 3.74. The second kappa shape index (κ2) is 8.09. The summed E-state index contributed by atoms with van der Waals surface area (Å²) >= 11 is 8.12. The van der Waals surface area contributed by atoms with Crippen molar-refractivity contribution in [2.45, 2.75) is 13.0 Å². The number of carbonyl (C=O) groups excluding carboxylic acids is 1. The van der Waals surface area contributed by atoms with E-state index in [1.54, 1.807) is 11.3 Å². The fraction of sp³-hybridized carbons (Fsp3) is 0.450. The van der Waals surface area contributed by atoms with Gasteiger partial charge < -0.3 is 10.2 Å². The second-order valence-electron chi connectivity index (χ2n) is 7.04. The van der Waals surface area contributed by atoms with Gasteiger partial charge >= 0.3 is 0 Å². The minimum absolute atomic E-state index is 0.192. The van der Waals surface area contributed by atoms with Crippen molar-refractivity contribution in [2.75, 3.05) is 39.3 Å². The average Bonchev–Trinajstić information content (AvgIpc) is 3.34. The van der Waals surface area contributed by atoms with Crippen molar-refractivity contribution >= 4 is 28.8 Å². The Morgan fingerprint density at radius 3 is 2.69 bits per heavy atom. The zero-order valence-electron chi connectivity index (χ0n) is 14.8. The van der Waals surface area contributed by atoms with Crippen molar-refractivity contribution in [3.05, 3.63) is 46.3 Å². The van der Waals surface area contributed by atoms with Gasteiger partial charge in [-0.1, -0.05) is 29.8 Å². The Labute approximate surface area is 163 Å². The Kier molecular flexibility index (Phi) is 5.60. The number of amides is 1. The van der Waals surface area contributed by atoms with Gasteiger partial charge in [-0.25, -0.2) is 0 Å². The highest BCUT2D eigenvalue weighted by Crippen LogP contribution is 2.33. The van der Waals surface area contributed by atoms with Crippen molar-refractivity contribution < 1.29 is 4.79 Å². The zero-order valence-corrected chi connectivity index (χ0v) is 16.4. The second-order valence-corrected chi connectivity index (χ2v) is 8.61. The van der Waals surface area contributed by atoms with Crippen molar-refractivity contribution in [3.63, 3.8) is 0 Å². The van der Waals surface area contributed by atoms with E-state index in [1.165, 1.54) is 9.75 Å². The third kappa shape index (κ3) is 3.96. The van der Waals surface area contributed by atoms with Crippen molar-refractivity contribution in [2.24, 2.45) is 5.92 Å². The number of carbonyl (C=O) groups is 1. The molecule has 0 spiro atoms. The molecule has 0 radical (unpaired) electrons. The molecular formula is C20H24ClN3OS. The number of nitrogens with one attached hydrogen (secondary N) is 1. The van der Waals surface area contributed by atoms with Crippen molar-refractivity contribution in [1.29, 1.82) is 0 Å². The predicted octanol–water partition coefficient (Wildman–Crippen LogP) is 3.32. The van der Waals surface area contributed by atoms with Gasteiger partial charge in [0.05, 0.1) is 5.92 Å². The van der Waals surface area contributed by atoms with E-state index in [4.69, 9.17) is 11.6 Å². The molecule has 6 heteroatoms. The molecule has 1 aromatic heterocycles. The minimum atomic E-state index is 0.192. The first-order valence-corrected chi connectivity index (χ1v) is 10.5. The number of thiophene rings is 1. The number of piperazine rings is 1. The molecule has 1 N–H and O–H groups in total. The number of hydrogen-bond donors (Lipinski definition) is 1. The van der Waals surface area contributed by atoms with Gasteiger partial charge in [-0.05, 0) is 31.2 Å². The highest BCUT2D eigenvalue weighted by molar-refractivity contribution is 7.15. The van der Waals surface area contributed by atoms with Crippen LogP contribution in [0.25, 0.3) is 10.4 Å². The summed E-state index contributed by atoms with van der Waals surface area (Å²) < 4.78 is 0. The molecule has 4 nitrogen and oxygen atoms in total. The molecule has 2 saturated heterocycles. The maximum absolute atomic E-state index is 12.5. The highest BCUT2D eigenvalue weighted by atomic mass is 35.5. The number of rotatable bonds is 4. The third-order valence-corrected chi connectivity index (χ3v) is 6.71. The SMILES string of the molecule is O=C(C1CCNC1)N1CCN(Cc2ccc(-c3ccccc3Cl)s2)CC1. The van der Waals surface area contributed by atoms with E-state index in [2.05, 4.69) is 33.3 Å². The Hall–Kier alpha value is -1.40. The van der Waals surface area contributed by atoms with E-state index in [9.17, 15) is 4.79 Å². The minimum Gasteiger partial charge on any atom is -0.340 e. The maximum atomic E-state index is 12.5. The van der Waals surface area contributed by atoms with Gasteiger partial charge in [-0.3, -0.25) is 9.69 Å². The van der Waals surface area contributed by atoms with Crippen LogP contribution in [0.15, 0.2) is 36.4 Å². The summed E-state index contributed by atoms with van der Waals surface area (Å²) in [4.78, 5) is 19.6. The van der Waals surface area contributed by atoms with Gasteiger partial charge in [0, 0.05) is 59.6 Å². The van der Waals surface area contributed by atoms with Crippen molar-refractivity contribution in [3.8, 4) is 10.4 Å². The van der Waals surface area contributed by atoms with Crippen LogP contribution >= 0.6 is 22.9 Å². The molecule has 0 aliphatic carbocycles. The van der Waals surface area contributed by atoms with E-state index in [1.807, 2.05) is 18.2 Å². The summed E-state index contributed by atoms with van der Waals surface area (Å²) in [7, 11) is 0. The molecule has 4 rings (SSSR count). The lowest BCUT2D eigenvalue weighted by molar-refractivity contribution is -0.136. The summed E-state index contributed by atoms with van der Waals surface area (Å²) in [6.07, 6.45) is 0.985. The van der Waals surface area contributed by atoms with Crippen LogP contribution in [0, 0.1) is 5.92 Å². The van der Waals surface area contributed by atoms with Gasteiger partial charge in [0.1, 0.15) is 0 Å². The van der Waals surface area contributed by atoms with Gasteiger partial charge in [-0.15, -0.1) is 11.3 Å². The number of nitrogens with zero attached hydrogens (tertiary/aromatic N) is 2. The van der Waals surface area contributed by atoms with Crippen LogP contribution in [0.5, 0.6) is 0 Å². The summed E-state index contributed by atoms with van der Waals surface area (Å²) in [5.41, 5.74) is 1.10. The summed E-state index contributed by atoms with van der Waals surface area (Å²) in [5, 5.41) is 4.09. The molecule has 2 aliphatic rings. The zero-order chi connectivity index (χ0) is 17.9. The first kappa shape index (κ1) is 18.0. The molecule has 138 valence electrons. The molecule has 1 aromatic carbocycles. The van der Waals surface area contributed by atoms with E-state index < -0.39 is 0 Å². The van der Waals surface area contributed by atoms with E-state index in [0.717, 1.165) is 62.8 Å². The normalized spacial score (nSPS) is 21.3. The van der Waals surface area contributed by atoms with Crippen LogP contribution < -0.4 is 5.32 Å². The molecular weight excluding hydrogens is 366 g/mol. The quantitative estimate of drug-likeness (QED) is 0.871. The Morgan fingerprint density at radius 1 is 1.15 bits per heavy atom. The largest absolute Gasteiger partial charge is 0.340 e. The van der Waals surface area contributed by atoms with Gasteiger partial charge in [0.15, 0.2) is 0 Å². The molecule has 2 aromatic rings. The monoisotopic (exact) mass is 389 g/mol. The molecule has 1 atom stereocenters. The Morgan fingerprint density at radius 2 is 1.96 bits per heavy atom. The maximum Gasteiger partial charge on any atom is 0.227 e. The number of benzene rings is 1. The van der Waals surface area contributed by atoms with E-state index in [0.29, 0.717) is 5.91 Å². The lowest BCUT2D eigenvalue weighted by Gasteiger charge is -2.35. The number of hydrogen-bond acceptors (Lipinski definition) is 4. The van der Waals surface area contributed by atoms with Gasteiger partial charge in [0.25, 0.3) is 0 Å². The van der Waals surface area contributed by atoms with Crippen LogP contribution in [0.2, 0.25) is 5.02 Å². The lowest BCUT2D eigenvalue weighted by atomic mass is 10.1. The number of halogens is 1. The molecule has 3 heterocycles. The summed E-state index contributed by atoms with van der Waals surface area (Å²) in [6.45, 7) is 6.36. The molecule has 26 heavy (non-hydrogen) atoms. The topological polar surface area (TPSA) is 35.6 Å². The van der Waals surface area contributed by atoms with E-state index in [-0.39, 0.29) is 5.92 Å². The third-order valence-electron chi connectivity index (χ3n) is 5.27. The van der Waals surface area contributed by atoms with Gasteiger partial charge in [0.2, 0.25) is 5.91 Å². The molecule has 2 aliphatic heterocycles. The Balaban J connectivity index is 1.32. The van der Waals surface area contributed by atoms with Crippen LogP contribution in [-0.2, 0) is 11.3 Å². The Bertz CT molecular complexity index is 764. The van der Waals surface area contributed by atoms with E-state index >= 15 is 0 Å². The van der Waals surface area contributed by atoms with Crippen molar-refractivity contribution in [1.82, 2.24) is 15.1 Å². The van der Waals surface area contributed by atoms with Gasteiger partial charge in [-0.2, -0.15) is 0 Å². The fourth-order valence-corrected chi connectivity index (χ4v) is 5.12. The van der Waals surface area contributed by atoms with Crippen LogP contribution in [-0.4, -0.2) is 55.0 Å².